The first-order valence-corrected chi connectivity index (χ1v) is 8.99. The zero-order valence-electron chi connectivity index (χ0n) is 11.2. The monoisotopic (exact) mass is 331 g/mol. The lowest BCUT2D eigenvalue weighted by Crippen LogP contribution is -2.22. The third-order valence-electron chi connectivity index (χ3n) is 2.91. The van der Waals surface area contributed by atoms with Crippen molar-refractivity contribution >= 4 is 37.2 Å². The van der Waals surface area contributed by atoms with Gasteiger partial charge < -0.3 is 10.4 Å². The number of carboxylic acid groups (broad SMARTS) is 1. The topological polar surface area (TPSA) is 83.5 Å². The molecule has 0 amide bonds. The predicted octanol–water partition coefficient (Wildman–Crippen LogP) is 1.87. The molecule has 0 aliphatic carbocycles. The van der Waals surface area contributed by atoms with E-state index in [-0.39, 0.29) is 29.1 Å². The summed E-state index contributed by atoms with van der Waals surface area (Å²) in [6.45, 7) is 0.293. The van der Waals surface area contributed by atoms with E-state index in [1.54, 1.807) is 6.07 Å². The Hall–Kier alpha value is -1.51. The van der Waals surface area contributed by atoms with Gasteiger partial charge in [0.25, 0.3) is 0 Å². The Morgan fingerprint density at radius 3 is 2.76 bits per heavy atom. The van der Waals surface area contributed by atoms with Crippen LogP contribution in [0.3, 0.4) is 0 Å². The van der Waals surface area contributed by atoms with E-state index in [9.17, 15) is 22.7 Å². The maximum atomic E-state index is 13.9. The standard InChI is InChI=1S/C13H14FNO4S2/c1-21(18,19)6-5-15-7-8-11-9(14)3-2-4-10(11)20-12(8)13(16)17/h2-4,15H,5-7H2,1H3,(H,16,17). The third-order valence-corrected chi connectivity index (χ3v) is 5.04. The van der Waals surface area contributed by atoms with Gasteiger partial charge in [-0.1, -0.05) is 6.07 Å². The van der Waals surface area contributed by atoms with Crippen LogP contribution >= 0.6 is 11.3 Å². The Kier molecular flexibility index (Phi) is 4.60. The largest absolute Gasteiger partial charge is 0.477 e. The van der Waals surface area contributed by atoms with Gasteiger partial charge in [-0.3, -0.25) is 0 Å². The van der Waals surface area contributed by atoms with Crippen molar-refractivity contribution in [3.63, 3.8) is 0 Å². The number of benzene rings is 1. The summed E-state index contributed by atoms with van der Waals surface area (Å²) in [6, 6.07) is 4.47. The molecule has 1 aromatic heterocycles. The molecule has 0 aliphatic heterocycles. The van der Waals surface area contributed by atoms with Crippen molar-refractivity contribution in [2.24, 2.45) is 0 Å². The molecule has 0 radical (unpaired) electrons. The maximum Gasteiger partial charge on any atom is 0.346 e. The van der Waals surface area contributed by atoms with Crippen LogP contribution in [0.2, 0.25) is 0 Å². The molecule has 0 fully saturated rings. The van der Waals surface area contributed by atoms with Crippen molar-refractivity contribution in [2.45, 2.75) is 6.54 Å². The van der Waals surface area contributed by atoms with E-state index in [4.69, 9.17) is 0 Å². The number of nitrogens with one attached hydrogen (secondary N) is 1. The van der Waals surface area contributed by atoms with E-state index in [1.807, 2.05) is 0 Å². The Labute approximate surface area is 125 Å². The van der Waals surface area contributed by atoms with E-state index < -0.39 is 21.6 Å². The SMILES string of the molecule is CS(=O)(=O)CCNCc1c(C(=O)O)sc2cccc(F)c12. The number of hydrogen-bond acceptors (Lipinski definition) is 5. The van der Waals surface area contributed by atoms with Crippen molar-refractivity contribution < 1.29 is 22.7 Å². The van der Waals surface area contributed by atoms with Gasteiger partial charge in [0.2, 0.25) is 0 Å². The van der Waals surface area contributed by atoms with Gasteiger partial charge in [-0.05, 0) is 12.1 Å². The molecule has 8 heteroatoms. The molecule has 0 bridgehead atoms. The predicted molar refractivity (Wildman–Crippen MR) is 80.2 cm³/mol. The molecule has 0 unspecified atom stereocenters. The summed E-state index contributed by atoms with van der Waals surface area (Å²) in [5.74, 6) is -1.65. The van der Waals surface area contributed by atoms with Crippen LogP contribution < -0.4 is 5.32 Å². The number of aromatic carboxylic acids is 1. The molecule has 2 aromatic rings. The van der Waals surface area contributed by atoms with E-state index in [1.165, 1.54) is 12.1 Å². The van der Waals surface area contributed by atoms with Gasteiger partial charge in [-0.15, -0.1) is 11.3 Å². The second-order valence-electron chi connectivity index (χ2n) is 4.63. The van der Waals surface area contributed by atoms with Gasteiger partial charge in [-0.25, -0.2) is 17.6 Å². The first kappa shape index (κ1) is 15.9. The van der Waals surface area contributed by atoms with Gasteiger partial charge in [0.05, 0.1) is 5.75 Å². The molecule has 0 spiro atoms. The molecule has 5 nitrogen and oxygen atoms in total. The summed E-state index contributed by atoms with van der Waals surface area (Å²) in [5, 5.41) is 12.3. The van der Waals surface area contributed by atoms with Crippen molar-refractivity contribution in [3.8, 4) is 0 Å². The Bertz CT molecular complexity index is 783. The molecule has 2 rings (SSSR count). The summed E-state index contributed by atoms with van der Waals surface area (Å²) in [6.07, 6.45) is 1.12. The van der Waals surface area contributed by atoms with Crippen LogP contribution in [-0.2, 0) is 16.4 Å². The molecular weight excluding hydrogens is 317 g/mol. The second-order valence-corrected chi connectivity index (χ2v) is 7.95. The zero-order valence-corrected chi connectivity index (χ0v) is 12.9. The normalized spacial score (nSPS) is 11.9. The molecule has 1 aromatic carbocycles. The lowest BCUT2D eigenvalue weighted by molar-refractivity contribution is 0.0701. The fourth-order valence-electron chi connectivity index (χ4n) is 1.98. The number of hydrogen-bond donors (Lipinski definition) is 2. The van der Waals surface area contributed by atoms with E-state index in [0.717, 1.165) is 17.6 Å². The van der Waals surface area contributed by atoms with Crippen LogP contribution in [0.1, 0.15) is 15.2 Å². The van der Waals surface area contributed by atoms with Crippen molar-refractivity contribution in [1.29, 1.82) is 0 Å². The molecule has 2 N–H and O–H groups in total. The van der Waals surface area contributed by atoms with Gasteiger partial charge in [-0.2, -0.15) is 0 Å². The van der Waals surface area contributed by atoms with E-state index in [2.05, 4.69) is 5.32 Å². The minimum atomic E-state index is -3.09. The quantitative estimate of drug-likeness (QED) is 0.790. The van der Waals surface area contributed by atoms with Crippen LogP contribution in [0, 0.1) is 5.82 Å². The Morgan fingerprint density at radius 2 is 2.14 bits per heavy atom. The molecular formula is C13H14FNO4S2. The number of carboxylic acids is 1. The van der Waals surface area contributed by atoms with Crippen molar-refractivity contribution in [2.75, 3.05) is 18.6 Å². The number of halogens is 1. The van der Waals surface area contributed by atoms with Gasteiger partial charge in [0.15, 0.2) is 0 Å². The highest BCUT2D eigenvalue weighted by atomic mass is 32.2. The fraction of sp³-hybridized carbons (Fsp3) is 0.308. The first-order chi connectivity index (χ1) is 9.79. The molecule has 1 heterocycles. The van der Waals surface area contributed by atoms with Gasteiger partial charge >= 0.3 is 5.97 Å². The summed E-state index contributed by atoms with van der Waals surface area (Å²) in [5.41, 5.74) is 0.356. The van der Waals surface area contributed by atoms with Crippen LogP contribution in [-0.4, -0.2) is 38.0 Å². The van der Waals surface area contributed by atoms with Crippen molar-refractivity contribution in [1.82, 2.24) is 5.32 Å². The number of sulfone groups is 1. The molecule has 114 valence electrons. The summed E-state index contributed by atoms with van der Waals surface area (Å²) in [4.78, 5) is 11.3. The molecule has 0 atom stereocenters. The maximum absolute atomic E-state index is 13.9. The first-order valence-electron chi connectivity index (χ1n) is 6.11. The Morgan fingerprint density at radius 1 is 1.43 bits per heavy atom. The van der Waals surface area contributed by atoms with Crippen LogP contribution in [0.5, 0.6) is 0 Å². The average molecular weight is 331 g/mol. The minimum Gasteiger partial charge on any atom is -0.477 e. The van der Waals surface area contributed by atoms with Crippen LogP contribution in [0.15, 0.2) is 18.2 Å². The molecule has 0 saturated heterocycles. The highest BCUT2D eigenvalue weighted by molar-refractivity contribution is 7.90. The molecule has 21 heavy (non-hydrogen) atoms. The van der Waals surface area contributed by atoms with Gasteiger partial charge in [0.1, 0.15) is 20.5 Å². The summed E-state index contributed by atoms with van der Waals surface area (Å²) >= 11 is 1.01. The fourth-order valence-corrected chi connectivity index (χ4v) is 3.57. The van der Waals surface area contributed by atoms with Crippen molar-refractivity contribution in [3.05, 3.63) is 34.5 Å². The van der Waals surface area contributed by atoms with E-state index >= 15 is 0 Å². The number of fused-ring (bicyclic) bond motifs is 1. The minimum absolute atomic E-state index is 0.0556. The smallest absolute Gasteiger partial charge is 0.346 e. The Balaban J connectivity index is 2.28. The lowest BCUT2D eigenvalue weighted by atomic mass is 10.1. The lowest BCUT2D eigenvalue weighted by Gasteiger charge is -2.05. The van der Waals surface area contributed by atoms with Crippen LogP contribution in [0.25, 0.3) is 10.1 Å². The van der Waals surface area contributed by atoms with E-state index in [0.29, 0.717) is 10.3 Å². The zero-order chi connectivity index (χ0) is 15.6. The van der Waals surface area contributed by atoms with Gasteiger partial charge in [0, 0.05) is 35.0 Å². The number of thiophene rings is 1. The summed E-state index contributed by atoms with van der Waals surface area (Å²) in [7, 11) is -3.09. The number of carbonyl (C=O) groups is 1. The average Bonchev–Trinajstić information content (AvgIpc) is 2.74. The highest BCUT2D eigenvalue weighted by Gasteiger charge is 2.19. The summed E-state index contributed by atoms with van der Waals surface area (Å²) < 4.78 is 36.6. The molecule has 0 saturated carbocycles. The second kappa shape index (κ2) is 6.08. The molecule has 0 aliphatic rings. The third kappa shape index (κ3) is 3.78. The highest BCUT2D eigenvalue weighted by Crippen LogP contribution is 2.33. The van der Waals surface area contributed by atoms with Crippen LogP contribution in [0.4, 0.5) is 4.39 Å². The number of rotatable bonds is 6.